The summed E-state index contributed by atoms with van der Waals surface area (Å²) >= 11 is 1.28. The van der Waals surface area contributed by atoms with Gasteiger partial charge in [-0.25, -0.2) is 4.98 Å². The third-order valence-corrected chi connectivity index (χ3v) is 7.22. The van der Waals surface area contributed by atoms with Gasteiger partial charge in [0, 0.05) is 17.7 Å². The Morgan fingerprint density at radius 3 is 2.31 bits per heavy atom. The number of aryl methyl sites for hydroxylation is 3. The first-order valence-electron chi connectivity index (χ1n) is 11.2. The van der Waals surface area contributed by atoms with Crippen LogP contribution in [0.3, 0.4) is 0 Å². The van der Waals surface area contributed by atoms with Crippen molar-refractivity contribution in [1.29, 1.82) is 0 Å². The number of nitro benzene ring substituents is 1. The fourth-order valence-electron chi connectivity index (χ4n) is 4.45. The number of rotatable bonds is 4. The predicted octanol–water partition coefficient (Wildman–Crippen LogP) is 5.76. The van der Waals surface area contributed by atoms with Gasteiger partial charge in [-0.1, -0.05) is 47.2 Å². The first kappa shape index (κ1) is 23.4. The van der Waals surface area contributed by atoms with E-state index in [-0.39, 0.29) is 17.0 Å². The molecule has 1 atom stereocenters. The second-order valence-electron chi connectivity index (χ2n) is 8.81. The lowest BCUT2D eigenvalue weighted by Gasteiger charge is -2.22. The second kappa shape index (κ2) is 8.69. The summed E-state index contributed by atoms with van der Waals surface area (Å²) in [5.41, 5.74) is 4.30. The van der Waals surface area contributed by atoms with Crippen molar-refractivity contribution >= 4 is 49.8 Å². The zero-order valence-electron chi connectivity index (χ0n) is 19.7. The molecule has 36 heavy (non-hydrogen) atoms. The molecule has 1 unspecified atom stereocenters. The molecular formula is C27H21N3O5S. The van der Waals surface area contributed by atoms with Crippen molar-refractivity contribution in [2.24, 2.45) is 0 Å². The summed E-state index contributed by atoms with van der Waals surface area (Å²) in [6.45, 7) is 5.80. The number of aliphatic hydroxyl groups is 1. The largest absolute Gasteiger partial charge is 0.507 e. The Morgan fingerprint density at radius 2 is 1.67 bits per heavy atom. The standard InChI is InChI=1S/C27H21N3O5S/c1-14-4-6-18(7-5-14)24(31)21-23(17-8-10-19(11-9-17)30(34)35)29(26(33)25(21)32)27-28-22-16(3)12-15(2)13-20(22)36-27/h4-13,23,31H,1-3H3/b24-21+. The highest BCUT2D eigenvalue weighted by atomic mass is 32.1. The van der Waals surface area contributed by atoms with E-state index in [1.54, 1.807) is 24.3 Å². The molecule has 0 bridgehead atoms. The smallest absolute Gasteiger partial charge is 0.301 e. The molecule has 1 aliphatic rings. The number of benzene rings is 3. The predicted molar refractivity (Wildman–Crippen MR) is 138 cm³/mol. The number of Topliss-reactive ketones (excluding diaryl/α,β-unsaturated/α-hetero) is 1. The van der Waals surface area contributed by atoms with Gasteiger partial charge >= 0.3 is 5.91 Å². The van der Waals surface area contributed by atoms with Crippen molar-refractivity contribution in [3.8, 4) is 0 Å². The van der Waals surface area contributed by atoms with Crippen LogP contribution in [-0.4, -0.2) is 26.7 Å². The number of anilines is 1. The molecule has 0 aliphatic carbocycles. The number of aliphatic hydroxyl groups excluding tert-OH is 1. The summed E-state index contributed by atoms with van der Waals surface area (Å²) in [7, 11) is 0. The van der Waals surface area contributed by atoms with Crippen molar-refractivity contribution in [1.82, 2.24) is 4.98 Å². The molecule has 0 radical (unpaired) electrons. The molecule has 1 N–H and O–H groups in total. The topological polar surface area (TPSA) is 114 Å². The van der Waals surface area contributed by atoms with Gasteiger partial charge in [-0.2, -0.15) is 0 Å². The number of non-ortho nitro benzene ring substituents is 1. The number of amides is 1. The van der Waals surface area contributed by atoms with Crippen molar-refractivity contribution < 1.29 is 19.6 Å². The molecule has 3 aromatic carbocycles. The Hall–Kier alpha value is -4.37. The molecule has 0 spiro atoms. The fourth-order valence-corrected chi connectivity index (χ4v) is 5.62. The van der Waals surface area contributed by atoms with Crippen LogP contribution in [0.2, 0.25) is 0 Å². The summed E-state index contributed by atoms with van der Waals surface area (Å²) in [6, 6.07) is 15.5. The van der Waals surface area contributed by atoms with Crippen molar-refractivity contribution in [3.05, 3.63) is 104 Å². The molecule has 9 heteroatoms. The van der Waals surface area contributed by atoms with Crippen LogP contribution >= 0.6 is 11.3 Å². The molecule has 1 amide bonds. The van der Waals surface area contributed by atoms with Crippen LogP contribution < -0.4 is 4.90 Å². The SMILES string of the molecule is Cc1ccc(/C(O)=C2\C(=O)C(=O)N(c3nc4c(C)cc(C)cc4s3)C2c2ccc([N+](=O)[O-])cc2)cc1. The van der Waals surface area contributed by atoms with Gasteiger partial charge in [0.25, 0.3) is 11.5 Å². The number of hydrogen-bond donors (Lipinski definition) is 1. The van der Waals surface area contributed by atoms with E-state index in [0.717, 1.165) is 26.9 Å². The van der Waals surface area contributed by atoms with E-state index in [4.69, 9.17) is 0 Å². The van der Waals surface area contributed by atoms with Crippen LogP contribution in [0, 0.1) is 30.9 Å². The van der Waals surface area contributed by atoms with Gasteiger partial charge in [0.1, 0.15) is 5.76 Å². The highest BCUT2D eigenvalue weighted by molar-refractivity contribution is 7.22. The highest BCUT2D eigenvalue weighted by Gasteiger charge is 2.48. The normalized spacial score (nSPS) is 17.2. The number of nitro groups is 1. The van der Waals surface area contributed by atoms with E-state index in [9.17, 15) is 24.8 Å². The van der Waals surface area contributed by atoms with E-state index in [1.807, 2.05) is 32.9 Å². The van der Waals surface area contributed by atoms with Gasteiger partial charge in [-0.15, -0.1) is 0 Å². The molecule has 8 nitrogen and oxygen atoms in total. The van der Waals surface area contributed by atoms with Crippen LogP contribution in [0.1, 0.15) is 33.9 Å². The maximum Gasteiger partial charge on any atom is 0.301 e. The van der Waals surface area contributed by atoms with Gasteiger partial charge in [-0.3, -0.25) is 24.6 Å². The number of carbonyl (C=O) groups excluding carboxylic acids is 2. The Balaban J connectivity index is 1.73. The number of nitrogens with zero attached hydrogens (tertiary/aromatic N) is 3. The van der Waals surface area contributed by atoms with Crippen LogP contribution in [0.25, 0.3) is 16.0 Å². The number of thiazole rings is 1. The molecular weight excluding hydrogens is 478 g/mol. The Labute approximate surface area is 210 Å². The molecule has 5 rings (SSSR count). The lowest BCUT2D eigenvalue weighted by Crippen LogP contribution is -2.29. The number of carbonyl (C=O) groups is 2. The lowest BCUT2D eigenvalue weighted by molar-refractivity contribution is -0.384. The zero-order valence-corrected chi connectivity index (χ0v) is 20.5. The van der Waals surface area contributed by atoms with Crippen LogP contribution in [0.15, 0.2) is 66.2 Å². The van der Waals surface area contributed by atoms with Crippen LogP contribution in [0.4, 0.5) is 10.8 Å². The summed E-state index contributed by atoms with van der Waals surface area (Å²) < 4.78 is 0.866. The summed E-state index contributed by atoms with van der Waals surface area (Å²) in [5.74, 6) is -1.98. The number of fused-ring (bicyclic) bond motifs is 1. The molecule has 0 saturated carbocycles. The van der Waals surface area contributed by atoms with Crippen molar-refractivity contribution in [2.75, 3.05) is 4.90 Å². The fraction of sp³-hybridized carbons (Fsp3) is 0.148. The van der Waals surface area contributed by atoms with Gasteiger partial charge in [0.2, 0.25) is 0 Å². The summed E-state index contributed by atoms with van der Waals surface area (Å²) in [6.07, 6.45) is 0. The Bertz CT molecular complexity index is 1590. The average molecular weight is 500 g/mol. The van der Waals surface area contributed by atoms with Gasteiger partial charge in [0.15, 0.2) is 5.13 Å². The summed E-state index contributed by atoms with van der Waals surface area (Å²) in [4.78, 5) is 43.3. The Morgan fingerprint density at radius 1 is 1.00 bits per heavy atom. The van der Waals surface area contributed by atoms with Crippen LogP contribution in [-0.2, 0) is 9.59 Å². The molecule has 1 aliphatic heterocycles. The van der Waals surface area contributed by atoms with Crippen molar-refractivity contribution in [3.63, 3.8) is 0 Å². The molecule has 1 saturated heterocycles. The quantitative estimate of drug-likeness (QED) is 0.126. The maximum absolute atomic E-state index is 13.4. The minimum absolute atomic E-state index is 0.0927. The van der Waals surface area contributed by atoms with E-state index in [2.05, 4.69) is 4.98 Å². The van der Waals surface area contributed by atoms with E-state index < -0.39 is 22.7 Å². The first-order valence-corrected chi connectivity index (χ1v) is 12.0. The van der Waals surface area contributed by atoms with Crippen LogP contribution in [0.5, 0.6) is 0 Å². The minimum Gasteiger partial charge on any atom is -0.507 e. The molecule has 1 fully saturated rings. The molecule has 4 aromatic rings. The number of aromatic nitrogens is 1. The van der Waals surface area contributed by atoms with E-state index in [0.29, 0.717) is 16.3 Å². The summed E-state index contributed by atoms with van der Waals surface area (Å²) in [5, 5.41) is 22.7. The maximum atomic E-state index is 13.4. The van der Waals surface area contributed by atoms with E-state index >= 15 is 0 Å². The third-order valence-electron chi connectivity index (χ3n) is 6.21. The minimum atomic E-state index is -1.01. The zero-order chi connectivity index (χ0) is 25.7. The van der Waals surface area contributed by atoms with Gasteiger partial charge in [-0.05, 0) is 55.7 Å². The molecule has 1 aromatic heterocycles. The van der Waals surface area contributed by atoms with E-state index in [1.165, 1.54) is 40.5 Å². The lowest BCUT2D eigenvalue weighted by atomic mass is 9.95. The highest BCUT2D eigenvalue weighted by Crippen LogP contribution is 2.45. The van der Waals surface area contributed by atoms with Gasteiger partial charge in [0.05, 0.1) is 26.8 Å². The number of hydrogen-bond acceptors (Lipinski definition) is 7. The number of ketones is 1. The van der Waals surface area contributed by atoms with Gasteiger partial charge < -0.3 is 5.11 Å². The average Bonchev–Trinajstić information content (AvgIpc) is 3.38. The third kappa shape index (κ3) is 3.83. The molecule has 180 valence electrons. The van der Waals surface area contributed by atoms with Crippen molar-refractivity contribution in [2.45, 2.75) is 26.8 Å². The Kier molecular flexibility index (Phi) is 5.64. The second-order valence-corrected chi connectivity index (χ2v) is 9.82. The molecule has 2 heterocycles. The monoisotopic (exact) mass is 499 g/mol. The first-order chi connectivity index (χ1) is 17.2.